The van der Waals surface area contributed by atoms with Gasteiger partial charge in [0.2, 0.25) is 0 Å². The van der Waals surface area contributed by atoms with Gasteiger partial charge in [0, 0.05) is 34.4 Å². The van der Waals surface area contributed by atoms with E-state index >= 15 is 0 Å². The maximum Gasteiger partial charge on any atom is 0.152 e. The Morgan fingerprint density at radius 1 is 0.338 bits per heavy atom. The summed E-state index contributed by atoms with van der Waals surface area (Å²) >= 11 is 0. The highest BCUT2D eigenvalue weighted by Crippen LogP contribution is 2.58. The van der Waals surface area contributed by atoms with Crippen LogP contribution in [-0.4, -0.2) is 9.97 Å². The highest BCUT2D eigenvalue weighted by molar-refractivity contribution is 6.02. The van der Waals surface area contributed by atoms with Gasteiger partial charge >= 0.3 is 0 Å². The minimum absolute atomic E-state index is 0.121. The van der Waals surface area contributed by atoms with E-state index in [4.69, 9.17) is 14.7 Å². The van der Waals surface area contributed by atoms with Gasteiger partial charge in [-0.1, -0.05) is 155 Å². The van der Waals surface area contributed by atoms with Crippen LogP contribution in [0.5, 0.6) is 11.5 Å². The van der Waals surface area contributed by atoms with E-state index in [0.29, 0.717) is 0 Å². The van der Waals surface area contributed by atoms with Gasteiger partial charge in [-0.2, -0.15) is 0 Å². The number of rotatable bonds is 6. The number of ether oxygens (including phenoxy) is 1. The molecule has 0 radical (unpaired) electrons. The highest BCUT2D eigenvalue weighted by Gasteiger charge is 2.38. The molecule has 0 saturated carbocycles. The first kappa shape index (κ1) is 40.0. The normalized spacial score (nSPS) is 14.2. The van der Waals surface area contributed by atoms with Crippen LogP contribution < -0.4 is 9.64 Å². The Kier molecular flexibility index (Phi) is 8.88. The Morgan fingerprint density at radius 3 is 1.25 bits per heavy atom. The fourth-order valence-electron chi connectivity index (χ4n) is 11.3. The smallest absolute Gasteiger partial charge is 0.152 e. The van der Waals surface area contributed by atoms with Crippen molar-refractivity contribution in [2.75, 3.05) is 4.90 Å². The molecule has 0 bridgehead atoms. The lowest BCUT2D eigenvalue weighted by atomic mass is 9.81. The van der Waals surface area contributed by atoms with Gasteiger partial charge < -0.3 is 9.64 Å². The first-order valence-corrected chi connectivity index (χ1v) is 23.5. The molecule has 10 aromatic rings. The topological polar surface area (TPSA) is 38.2 Å². The van der Waals surface area contributed by atoms with E-state index in [1.165, 1.54) is 44.5 Å². The fourth-order valence-corrected chi connectivity index (χ4v) is 11.3. The van der Waals surface area contributed by atoms with Crippen LogP contribution >= 0.6 is 0 Å². The molecule has 4 heteroatoms. The number of nitrogens with zero attached hydrogens (tertiary/aromatic N) is 3. The first-order chi connectivity index (χ1) is 33.2. The minimum atomic E-state index is -0.121. The van der Waals surface area contributed by atoms with Gasteiger partial charge in [-0.05, 0) is 151 Å². The summed E-state index contributed by atoms with van der Waals surface area (Å²) in [6.07, 6.45) is 3.75. The third kappa shape index (κ3) is 6.14. The molecule has 8 aromatic carbocycles. The number of anilines is 3. The molecule has 68 heavy (non-hydrogen) atoms. The van der Waals surface area contributed by atoms with Gasteiger partial charge in [0.25, 0.3) is 0 Å². The van der Waals surface area contributed by atoms with Crippen LogP contribution in [-0.2, 0) is 10.8 Å². The van der Waals surface area contributed by atoms with Crippen molar-refractivity contribution < 1.29 is 4.74 Å². The van der Waals surface area contributed by atoms with Crippen molar-refractivity contribution in [1.82, 2.24) is 9.97 Å². The standard InChI is InChI=1S/C64H47N3O/c1-63(2)52-20-10-8-18-46(52)48-28-24-41(36-54(48)63)43-26-30-58-60(38-43)68-61-39-44(42-25-29-49-47-19-9-11-21-53(47)64(3,4)55(49)37-42)27-31-59(61)67(58)62-50(56-22-12-14-32-65-56)34-45(40-16-6-5-7-17-40)35-51(62)57-23-13-15-33-66-57/h5-39H,1-4H3. The van der Waals surface area contributed by atoms with Gasteiger partial charge in [-0.3, -0.25) is 9.97 Å². The Labute approximate surface area is 397 Å². The summed E-state index contributed by atoms with van der Waals surface area (Å²) in [4.78, 5) is 12.4. The van der Waals surface area contributed by atoms with E-state index in [1.807, 2.05) is 24.5 Å². The summed E-state index contributed by atoms with van der Waals surface area (Å²) in [5.74, 6) is 1.54. The maximum absolute atomic E-state index is 7.23. The zero-order valence-corrected chi connectivity index (χ0v) is 38.5. The van der Waals surface area contributed by atoms with Crippen molar-refractivity contribution in [3.63, 3.8) is 0 Å². The van der Waals surface area contributed by atoms with Gasteiger partial charge in [0.15, 0.2) is 11.5 Å². The molecule has 4 nitrogen and oxygen atoms in total. The van der Waals surface area contributed by atoms with Crippen LogP contribution in [0.1, 0.15) is 49.9 Å². The highest BCUT2D eigenvalue weighted by atomic mass is 16.5. The molecule has 0 unspecified atom stereocenters. The third-order valence-electron chi connectivity index (χ3n) is 14.8. The maximum atomic E-state index is 7.23. The van der Waals surface area contributed by atoms with Crippen LogP contribution in [0.25, 0.3) is 78.1 Å². The Morgan fingerprint density at radius 2 is 0.765 bits per heavy atom. The van der Waals surface area contributed by atoms with Crippen LogP contribution in [0.2, 0.25) is 0 Å². The number of aromatic nitrogens is 2. The van der Waals surface area contributed by atoms with Crippen LogP contribution in [0.3, 0.4) is 0 Å². The lowest BCUT2D eigenvalue weighted by molar-refractivity contribution is 0.477. The summed E-state index contributed by atoms with van der Waals surface area (Å²) in [5, 5.41) is 0. The van der Waals surface area contributed by atoms with Gasteiger partial charge in [0.05, 0.1) is 28.5 Å². The predicted molar refractivity (Wildman–Crippen MR) is 279 cm³/mol. The lowest BCUT2D eigenvalue weighted by Crippen LogP contribution is -2.18. The molecule has 0 atom stereocenters. The molecule has 0 N–H and O–H groups in total. The predicted octanol–water partition coefficient (Wildman–Crippen LogP) is 17.0. The number of benzene rings is 8. The summed E-state index contributed by atoms with van der Waals surface area (Å²) in [5.41, 5.74) is 23.6. The summed E-state index contributed by atoms with van der Waals surface area (Å²) in [6, 6.07) is 72.4. The van der Waals surface area contributed by atoms with Gasteiger partial charge in [-0.25, -0.2) is 0 Å². The molecule has 1 aliphatic heterocycles. The molecule has 0 saturated heterocycles. The zero-order valence-electron chi connectivity index (χ0n) is 38.5. The van der Waals surface area contributed by atoms with E-state index in [0.717, 1.165) is 84.5 Å². The van der Waals surface area contributed by atoms with E-state index in [-0.39, 0.29) is 10.8 Å². The fraction of sp³-hybridized carbons (Fsp3) is 0.0938. The van der Waals surface area contributed by atoms with E-state index in [1.54, 1.807) is 0 Å². The van der Waals surface area contributed by atoms with Crippen LogP contribution in [0, 0.1) is 0 Å². The minimum Gasteiger partial charge on any atom is -0.453 e. The summed E-state index contributed by atoms with van der Waals surface area (Å²) in [6.45, 7) is 9.36. The average molecular weight is 874 g/mol. The molecule has 3 aliphatic rings. The third-order valence-corrected chi connectivity index (χ3v) is 14.8. The summed E-state index contributed by atoms with van der Waals surface area (Å²) in [7, 11) is 0. The van der Waals surface area contributed by atoms with Crippen LogP contribution in [0.4, 0.5) is 17.1 Å². The van der Waals surface area contributed by atoms with Crippen molar-refractivity contribution in [3.8, 4) is 89.6 Å². The molecule has 324 valence electrons. The SMILES string of the molecule is CC1(C)c2ccccc2-c2ccc(-c3ccc4c(c3)Oc3cc(-c5ccc6c(c5)C(C)(C)c5ccccc5-6)ccc3N4c3c(-c4ccccn4)cc(-c4ccccc4)cc3-c3ccccn3)cc21. The zero-order chi connectivity index (χ0) is 45.7. The monoisotopic (exact) mass is 873 g/mol. The molecular formula is C64H47N3O. The molecular weight excluding hydrogens is 827 g/mol. The van der Waals surface area contributed by atoms with E-state index in [2.05, 4.69) is 221 Å². The van der Waals surface area contributed by atoms with Crippen molar-refractivity contribution in [2.45, 2.75) is 38.5 Å². The lowest BCUT2D eigenvalue weighted by Gasteiger charge is -2.36. The van der Waals surface area contributed by atoms with E-state index < -0.39 is 0 Å². The van der Waals surface area contributed by atoms with Gasteiger partial charge in [-0.15, -0.1) is 0 Å². The first-order valence-electron chi connectivity index (χ1n) is 23.5. The second kappa shape index (κ2) is 15.1. The van der Waals surface area contributed by atoms with Gasteiger partial charge in [0.1, 0.15) is 0 Å². The largest absolute Gasteiger partial charge is 0.453 e. The Hall–Kier alpha value is -8.34. The molecule has 0 fully saturated rings. The second-order valence-electron chi connectivity index (χ2n) is 19.4. The van der Waals surface area contributed by atoms with E-state index in [9.17, 15) is 0 Å². The van der Waals surface area contributed by atoms with Crippen molar-refractivity contribution in [1.29, 1.82) is 0 Å². The number of fused-ring (bicyclic) bond motifs is 8. The molecule has 0 amide bonds. The summed E-state index contributed by atoms with van der Waals surface area (Å²) < 4.78 is 7.23. The Balaban J connectivity index is 1.03. The van der Waals surface area contributed by atoms with Crippen molar-refractivity contribution in [3.05, 3.63) is 235 Å². The molecule has 2 aromatic heterocycles. The van der Waals surface area contributed by atoms with Crippen molar-refractivity contribution in [2.24, 2.45) is 0 Å². The molecule has 3 heterocycles. The quantitative estimate of drug-likeness (QED) is 0.167. The number of hydrogen-bond acceptors (Lipinski definition) is 4. The van der Waals surface area contributed by atoms with Crippen LogP contribution in [0.15, 0.2) is 213 Å². The molecule has 0 spiro atoms. The molecule has 13 rings (SSSR count). The Bertz CT molecular complexity index is 3430. The number of hydrogen-bond donors (Lipinski definition) is 0. The average Bonchev–Trinajstić information content (AvgIpc) is 3.76. The molecule has 2 aliphatic carbocycles. The second-order valence-corrected chi connectivity index (χ2v) is 19.4. The van der Waals surface area contributed by atoms with Crippen molar-refractivity contribution >= 4 is 17.1 Å². The number of pyridine rings is 2.